The number of hydrogen-bond donors (Lipinski definition) is 1. The number of carbonyl (C=O) groups excluding carboxylic acids is 2. The van der Waals surface area contributed by atoms with E-state index in [0.29, 0.717) is 26.3 Å². The lowest BCUT2D eigenvalue weighted by molar-refractivity contribution is -0.134. The summed E-state index contributed by atoms with van der Waals surface area (Å²) in [4.78, 5) is 25.6. The van der Waals surface area contributed by atoms with Gasteiger partial charge in [-0.05, 0) is 12.0 Å². The number of nitrogens with zero attached hydrogens (tertiary/aromatic N) is 1. The third kappa shape index (κ3) is 3.39. The molecule has 1 N–H and O–H groups in total. The van der Waals surface area contributed by atoms with Gasteiger partial charge in [0.15, 0.2) is 5.76 Å². The van der Waals surface area contributed by atoms with Gasteiger partial charge in [0.05, 0.1) is 26.0 Å². The summed E-state index contributed by atoms with van der Waals surface area (Å²) in [6, 6.07) is 1.78. The van der Waals surface area contributed by atoms with Crippen molar-refractivity contribution in [3.8, 4) is 0 Å². The van der Waals surface area contributed by atoms with E-state index >= 15 is 0 Å². The van der Waals surface area contributed by atoms with Gasteiger partial charge in [0, 0.05) is 18.7 Å². The second-order valence-electron chi connectivity index (χ2n) is 5.04. The summed E-state index contributed by atoms with van der Waals surface area (Å²) < 4.78 is 10.4. The summed E-state index contributed by atoms with van der Waals surface area (Å²) in [6.45, 7) is 6.21. The van der Waals surface area contributed by atoms with Crippen LogP contribution in [0.25, 0.3) is 0 Å². The Morgan fingerprint density at radius 3 is 2.70 bits per heavy atom. The van der Waals surface area contributed by atoms with Crippen LogP contribution in [0.15, 0.2) is 16.7 Å². The molecule has 20 heavy (non-hydrogen) atoms. The Morgan fingerprint density at radius 1 is 1.35 bits per heavy atom. The van der Waals surface area contributed by atoms with Crippen molar-refractivity contribution in [1.82, 2.24) is 10.2 Å². The predicted octanol–water partition coefficient (Wildman–Crippen LogP) is 0.992. The molecule has 1 aromatic heterocycles. The highest BCUT2D eigenvalue weighted by Crippen LogP contribution is 2.20. The Morgan fingerprint density at radius 2 is 2.05 bits per heavy atom. The van der Waals surface area contributed by atoms with Gasteiger partial charge >= 0.3 is 0 Å². The summed E-state index contributed by atoms with van der Waals surface area (Å²) in [6.07, 6.45) is 1.49. The monoisotopic (exact) mass is 280 g/mol. The van der Waals surface area contributed by atoms with Crippen LogP contribution in [0.5, 0.6) is 0 Å². The predicted molar refractivity (Wildman–Crippen MR) is 72.5 cm³/mol. The minimum atomic E-state index is -0.347. The van der Waals surface area contributed by atoms with Crippen LogP contribution in [0.1, 0.15) is 35.9 Å². The van der Waals surface area contributed by atoms with E-state index in [4.69, 9.17) is 9.15 Å². The van der Waals surface area contributed by atoms with Crippen molar-refractivity contribution in [2.45, 2.75) is 19.8 Å². The Hall–Kier alpha value is -1.82. The van der Waals surface area contributed by atoms with Crippen LogP contribution < -0.4 is 5.32 Å². The second kappa shape index (κ2) is 6.56. The Balaban J connectivity index is 1.88. The third-order valence-corrected chi connectivity index (χ3v) is 3.29. The smallest absolute Gasteiger partial charge is 0.287 e. The molecular formula is C14H20N2O4. The molecule has 0 unspecified atom stereocenters. The maximum absolute atomic E-state index is 12.0. The van der Waals surface area contributed by atoms with Crippen molar-refractivity contribution in [2.75, 3.05) is 32.8 Å². The molecule has 0 aromatic carbocycles. The maximum atomic E-state index is 12.0. The standard InChI is InChI=1S/C14H20N2O4/c1-10(2)11-3-6-20-13(11)14(18)15-9-12(17)16-4-7-19-8-5-16/h3,6,10H,4-5,7-9H2,1-2H3,(H,15,18). The zero-order chi connectivity index (χ0) is 14.5. The molecule has 0 aliphatic carbocycles. The molecule has 2 amide bonds. The van der Waals surface area contributed by atoms with Crippen LogP contribution in [0.2, 0.25) is 0 Å². The van der Waals surface area contributed by atoms with Crippen LogP contribution in [0.3, 0.4) is 0 Å². The van der Waals surface area contributed by atoms with E-state index in [9.17, 15) is 9.59 Å². The fourth-order valence-electron chi connectivity index (χ4n) is 2.12. The molecule has 0 radical (unpaired) electrons. The lowest BCUT2D eigenvalue weighted by Gasteiger charge is -2.26. The average molecular weight is 280 g/mol. The van der Waals surface area contributed by atoms with Crippen molar-refractivity contribution in [1.29, 1.82) is 0 Å². The number of carbonyl (C=O) groups is 2. The first kappa shape index (κ1) is 14.6. The van der Waals surface area contributed by atoms with Gasteiger partial charge in [-0.25, -0.2) is 0 Å². The van der Waals surface area contributed by atoms with Gasteiger partial charge in [-0.15, -0.1) is 0 Å². The molecule has 6 nitrogen and oxygen atoms in total. The Labute approximate surface area is 118 Å². The molecular weight excluding hydrogens is 260 g/mol. The minimum Gasteiger partial charge on any atom is -0.459 e. The molecule has 0 bridgehead atoms. The first-order chi connectivity index (χ1) is 9.59. The van der Waals surface area contributed by atoms with Crippen molar-refractivity contribution < 1.29 is 18.7 Å². The highest BCUT2D eigenvalue weighted by atomic mass is 16.5. The minimum absolute atomic E-state index is 0.0168. The van der Waals surface area contributed by atoms with Crippen molar-refractivity contribution in [3.63, 3.8) is 0 Å². The van der Waals surface area contributed by atoms with Crippen LogP contribution in [0.4, 0.5) is 0 Å². The van der Waals surface area contributed by atoms with Gasteiger partial charge in [0.25, 0.3) is 5.91 Å². The number of rotatable bonds is 4. The summed E-state index contributed by atoms with van der Waals surface area (Å²) in [5.74, 6) is 0.0406. The van der Waals surface area contributed by atoms with Crippen LogP contribution in [0, 0.1) is 0 Å². The number of ether oxygens (including phenoxy) is 1. The molecule has 1 aromatic rings. The van der Waals surface area contributed by atoms with E-state index < -0.39 is 0 Å². The molecule has 1 saturated heterocycles. The zero-order valence-corrected chi connectivity index (χ0v) is 11.8. The highest BCUT2D eigenvalue weighted by molar-refractivity contribution is 5.95. The molecule has 0 saturated carbocycles. The SMILES string of the molecule is CC(C)c1ccoc1C(=O)NCC(=O)N1CCOCC1. The normalized spacial score (nSPS) is 15.4. The van der Waals surface area contributed by atoms with Gasteiger partial charge in [-0.2, -0.15) is 0 Å². The van der Waals surface area contributed by atoms with Gasteiger partial charge < -0.3 is 19.4 Å². The Kier molecular flexibility index (Phi) is 4.79. The molecule has 6 heteroatoms. The number of hydrogen-bond acceptors (Lipinski definition) is 4. The molecule has 1 fully saturated rings. The first-order valence-electron chi connectivity index (χ1n) is 6.80. The zero-order valence-electron chi connectivity index (χ0n) is 11.8. The van der Waals surface area contributed by atoms with E-state index in [1.807, 2.05) is 13.8 Å². The molecule has 0 atom stereocenters. The van der Waals surface area contributed by atoms with E-state index in [2.05, 4.69) is 5.32 Å². The Bertz CT molecular complexity index is 475. The van der Waals surface area contributed by atoms with Gasteiger partial charge in [0.1, 0.15) is 0 Å². The summed E-state index contributed by atoms with van der Waals surface area (Å²) in [5, 5.41) is 2.61. The first-order valence-corrected chi connectivity index (χ1v) is 6.80. The summed E-state index contributed by atoms with van der Waals surface area (Å²) in [7, 11) is 0. The quantitative estimate of drug-likeness (QED) is 0.893. The molecule has 1 aliphatic heterocycles. The van der Waals surface area contributed by atoms with Crippen molar-refractivity contribution >= 4 is 11.8 Å². The van der Waals surface area contributed by atoms with E-state index in [-0.39, 0.29) is 30.0 Å². The second-order valence-corrected chi connectivity index (χ2v) is 5.04. The third-order valence-electron chi connectivity index (χ3n) is 3.29. The van der Waals surface area contributed by atoms with Crippen LogP contribution in [-0.2, 0) is 9.53 Å². The largest absolute Gasteiger partial charge is 0.459 e. The molecule has 2 heterocycles. The number of amides is 2. The highest BCUT2D eigenvalue weighted by Gasteiger charge is 2.20. The van der Waals surface area contributed by atoms with Gasteiger partial charge in [0.2, 0.25) is 5.91 Å². The summed E-state index contributed by atoms with van der Waals surface area (Å²) >= 11 is 0. The molecule has 0 spiro atoms. The fraction of sp³-hybridized carbons (Fsp3) is 0.571. The molecule has 2 rings (SSSR count). The average Bonchev–Trinajstić information content (AvgIpc) is 2.95. The molecule has 1 aliphatic rings. The number of morpholine rings is 1. The number of nitrogens with one attached hydrogen (secondary N) is 1. The van der Waals surface area contributed by atoms with Crippen molar-refractivity contribution in [3.05, 3.63) is 23.7 Å². The van der Waals surface area contributed by atoms with E-state index in [1.54, 1.807) is 11.0 Å². The lowest BCUT2D eigenvalue weighted by atomic mass is 10.0. The van der Waals surface area contributed by atoms with Crippen molar-refractivity contribution in [2.24, 2.45) is 0 Å². The van der Waals surface area contributed by atoms with E-state index in [1.165, 1.54) is 6.26 Å². The summed E-state index contributed by atoms with van der Waals surface area (Å²) in [5.41, 5.74) is 0.848. The van der Waals surface area contributed by atoms with E-state index in [0.717, 1.165) is 5.56 Å². The number of furan rings is 1. The van der Waals surface area contributed by atoms with Crippen LogP contribution >= 0.6 is 0 Å². The molecule has 110 valence electrons. The fourth-order valence-corrected chi connectivity index (χ4v) is 2.12. The van der Waals surface area contributed by atoms with Crippen LogP contribution in [-0.4, -0.2) is 49.6 Å². The van der Waals surface area contributed by atoms with Gasteiger partial charge in [-0.3, -0.25) is 9.59 Å². The lowest BCUT2D eigenvalue weighted by Crippen LogP contribution is -2.45. The maximum Gasteiger partial charge on any atom is 0.287 e. The topological polar surface area (TPSA) is 71.8 Å². The van der Waals surface area contributed by atoms with Gasteiger partial charge in [-0.1, -0.05) is 13.8 Å².